The number of nitrogens with one attached hydrogen (secondary N) is 1. The first-order valence-electron chi connectivity index (χ1n) is 4.81. The van der Waals surface area contributed by atoms with E-state index in [0.717, 1.165) is 13.2 Å². The van der Waals surface area contributed by atoms with Crippen LogP contribution in [-0.4, -0.2) is 49.2 Å². The molecule has 0 bridgehead atoms. The molecule has 0 aromatic heterocycles. The Labute approximate surface area is 78.2 Å². The molecule has 0 spiro atoms. The van der Waals surface area contributed by atoms with Crippen molar-refractivity contribution in [3.05, 3.63) is 0 Å². The molecular weight excluding hydrogens is 168 g/mol. The molecule has 13 heavy (non-hydrogen) atoms. The minimum absolute atomic E-state index is 0.177. The van der Waals surface area contributed by atoms with Crippen LogP contribution in [0.4, 0.5) is 0 Å². The predicted molar refractivity (Wildman–Crippen MR) is 48.4 cm³/mol. The maximum atomic E-state index is 11.5. The normalized spacial score (nSPS) is 40.3. The van der Waals surface area contributed by atoms with E-state index in [1.54, 1.807) is 4.90 Å². The summed E-state index contributed by atoms with van der Waals surface area (Å²) in [7, 11) is 1.85. The third kappa shape index (κ3) is 1.44. The monoisotopic (exact) mass is 184 g/mol. The molecule has 0 aromatic rings. The van der Waals surface area contributed by atoms with E-state index in [9.17, 15) is 4.79 Å². The van der Waals surface area contributed by atoms with E-state index in [1.807, 2.05) is 14.0 Å². The van der Waals surface area contributed by atoms with Crippen LogP contribution in [0.2, 0.25) is 0 Å². The third-order valence-electron chi connectivity index (χ3n) is 3.09. The van der Waals surface area contributed by atoms with Crippen LogP contribution in [0.5, 0.6) is 0 Å². The number of hydrogen-bond acceptors (Lipinski definition) is 3. The van der Waals surface area contributed by atoms with E-state index in [4.69, 9.17) is 4.74 Å². The zero-order chi connectivity index (χ0) is 9.42. The Morgan fingerprint density at radius 1 is 1.62 bits per heavy atom. The molecule has 0 radical (unpaired) electrons. The molecule has 3 unspecified atom stereocenters. The Bertz CT molecular complexity index is 218. The number of carbonyl (C=O) groups excluding carboxylic acids is 1. The minimum Gasteiger partial charge on any atom is -0.373 e. The van der Waals surface area contributed by atoms with Gasteiger partial charge in [0.25, 0.3) is 0 Å². The SMILES string of the molecule is CC1C2OCCNC2CC(=O)N1C. The van der Waals surface area contributed by atoms with Crippen LogP contribution in [0.25, 0.3) is 0 Å². The Hall–Kier alpha value is -0.610. The zero-order valence-electron chi connectivity index (χ0n) is 8.12. The standard InChI is InChI=1S/C9H16N2O2/c1-6-9-7(10-3-4-13-9)5-8(12)11(6)2/h6-7,9-10H,3-5H2,1-2H3. The molecule has 2 heterocycles. The summed E-state index contributed by atoms with van der Waals surface area (Å²) in [6.45, 7) is 3.67. The Balaban J connectivity index is 2.12. The Kier molecular flexibility index (Phi) is 2.26. The molecule has 2 saturated heterocycles. The Morgan fingerprint density at radius 3 is 3.15 bits per heavy atom. The van der Waals surface area contributed by atoms with Crippen LogP contribution in [0.15, 0.2) is 0 Å². The summed E-state index contributed by atoms with van der Waals surface area (Å²) in [5.74, 6) is 0.215. The average molecular weight is 184 g/mol. The van der Waals surface area contributed by atoms with Crippen LogP contribution < -0.4 is 5.32 Å². The molecule has 3 atom stereocenters. The number of carbonyl (C=O) groups is 1. The fraction of sp³-hybridized carbons (Fsp3) is 0.889. The van der Waals surface area contributed by atoms with Gasteiger partial charge in [0.05, 0.1) is 18.8 Å². The highest BCUT2D eigenvalue weighted by atomic mass is 16.5. The highest BCUT2D eigenvalue weighted by Crippen LogP contribution is 2.22. The number of amides is 1. The number of likely N-dealkylation sites (N-methyl/N-ethyl adjacent to an activating group) is 1. The van der Waals surface area contributed by atoms with Gasteiger partial charge >= 0.3 is 0 Å². The van der Waals surface area contributed by atoms with Gasteiger partial charge in [0.2, 0.25) is 5.91 Å². The topological polar surface area (TPSA) is 41.6 Å². The molecule has 0 aromatic carbocycles. The first-order valence-corrected chi connectivity index (χ1v) is 4.81. The first-order chi connectivity index (χ1) is 6.20. The fourth-order valence-electron chi connectivity index (χ4n) is 2.12. The molecule has 0 saturated carbocycles. The van der Waals surface area contributed by atoms with Gasteiger partial charge in [0.1, 0.15) is 0 Å². The van der Waals surface area contributed by atoms with Gasteiger partial charge in [0, 0.05) is 26.1 Å². The maximum Gasteiger partial charge on any atom is 0.224 e. The quantitative estimate of drug-likeness (QED) is 0.556. The van der Waals surface area contributed by atoms with E-state index in [2.05, 4.69) is 5.32 Å². The van der Waals surface area contributed by atoms with Crippen molar-refractivity contribution in [2.24, 2.45) is 0 Å². The minimum atomic E-state index is 0.177. The second kappa shape index (κ2) is 3.27. The van der Waals surface area contributed by atoms with Crippen molar-refractivity contribution in [1.82, 2.24) is 10.2 Å². The maximum absolute atomic E-state index is 11.5. The summed E-state index contributed by atoms with van der Waals surface area (Å²) >= 11 is 0. The van der Waals surface area contributed by atoms with Crippen molar-refractivity contribution in [2.45, 2.75) is 31.5 Å². The van der Waals surface area contributed by atoms with Gasteiger partial charge in [-0.15, -0.1) is 0 Å². The van der Waals surface area contributed by atoms with E-state index in [-0.39, 0.29) is 24.1 Å². The number of piperidine rings is 1. The average Bonchev–Trinajstić information content (AvgIpc) is 2.15. The smallest absolute Gasteiger partial charge is 0.224 e. The summed E-state index contributed by atoms with van der Waals surface area (Å²) in [5.41, 5.74) is 0. The van der Waals surface area contributed by atoms with Crippen molar-refractivity contribution in [3.8, 4) is 0 Å². The highest BCUT2D eigenvalue weighted by Gasteiger charge is 2.39. The highest BCUT2D eigenvalue weighted by molar-refractivity contribution is 5.78. The molecule has 2 fully saturated rings. The second-order valence-corrected chi connectivity index (χ2v) is 3.85. The molecule has 1 amide bonds. The van der Waals surface area contributed by atoms with Crippen molar-refractivity contribution in [2.75, 3.05) is 20.2 Å². The number of fused-ring (bicyclic) bond motifs is 1. The lowest BCUT2D eigenvalue weighted by atomic mass is 9.93. The second-order valence-electron chi connectivity index (χ2n) is 3.85. The summed E-state index contributed by atoms with van der Waals surface area (Å²) in [5, 5.41) is 3.33. The molecule has 4 nitrogen and oxygen atoms in total. The molecular formula is C9H16N2O2. The van der Waals surface area contributed by atoms with E-state index >= 15 is 0 Å². The first kappa shape index (κ1) is 8.97. The molecule has 1 N–H and O–H groups in total. The van der Waals surface area contributed by atoms with Gasteiger partial charge in [-0.3, -0.25) is 4.79 Å². The lowest BCUT2D eigenvalue weighted by Gasteiger charge is -2.44. The lowest BCUT2D eigenvalue weighted by molar-refractivity contribution is -0.147. The van der Waals surface area contributed by atoms with Crippen molar-refractivity contribution in [1.29, 1.82) is 0 Å². The van der Waals surface area contributed by atoms with Crippen LogP contribution >= 0.6 is 0 Å². The molecule has 2 aliphatic rings. The molecule has 74 valence electrons. The third-order valence-corrected chi connectivity index (χ3v) is 3.09. The summed E-state index contributed by atoms with van der Waals surface area (Å²) in [6.07, 6.45) is 0.752. The van der Waals surface area contributed by atoms with Gasteiger partial charge in [-0.2, -0.15) is 0 Å². The molecule has 0 aliphatic carbocycles. The number of rotatable bonds is 0. The van der Waals surface area contributed by atoms with Crippen LogP contribution in [0, 0.1) is 0 Å². The van der Waals surface area contributed by atoms with E-state index in [1.165, 1.54) is 0 Å². The number of likely N-dealkylation sites (tertiary alicyclic amines) is 1. The summed E-state index contributed by atoms with van der Waals surface area (Å²) in [4.78, 5) is 13.3. The number of ether oxygens (including phenoxy) is 1. The summed E-state index contributed by atoms with van der Waals surface area (Å²) in [6, 6.07) is 0.423. The van der Waals surface area contributed by atoms with Crippen LogP contribution in [0.3, 0.4) is 0 Å². The van der Waals surface area contributed by atoms with Gasteiger partial charge in [-0.05, 0) is 6.92 Å². The van der Waals surface area contributed by atoms with E-state index < -0.39 is 0 Å². The van der Waals surface area contributed by atoms with Gasteiger partial charge in [0.15, 0.2) is 0 Å². The van der Waals surface area contributed by atoms with Crippen LogP contribution in [0.1, 0.15) is 13.3 Å². The molecule has 2 rings (SSSR count). The summed E-state index contributed by atoms with van der Waals surface area (Å²) < 4.78 is 5.66. The largest absolute Gasteiger partial charge is 0.373 e. The van der Waals surface area contributed by atoms with Gasteiger partial charge in [-0.1, -0.05) is 0 Å². The Morgan fingerprint density at radius 2 is 2.38 bits per heavy atom. The molecule has 4 heteroatoms. The zero-order valence-corrected chi connectivity index (χ0v) is 8.12. The van der Waals surface area contributed by atoms with Gasteiger partial charge < -0.3 is 15.0 Å². The van der Waals surface area contributed by atoms with Gasteiger partial charge in [-0.25, -0.2) is 0 Å². The fourth-order valence-corrected chi connectivity index (χ4v) is 2.12. The van der Waals surface area contributed by atoms with Crippen molar-refractivity contribution >= 4 is 5.91 Å². The number of morpholine rings is 1. The van der Waals surface area contributed by atoms with Crippen molar-refractivity contribution in [3.63, 3.8) is 0 Å². The van der Waals surface area contributed by atoms with E-state index in [0.29, 0.717) is 6.42 Å². The van der Waals surface area contributed by atoms with Crippen LogP contribution in [-0.2, 0) is 9.53 Å². The number of nitrogens with zero attached hydrogens (tertiary/aromatic N) is 1. The molecule has 2 aliphatic heterocycles. The van der Waals surface area contributed by atoms with Crippen molar-refractivity contribution < 1.29 is 9.53 Å². The lowest BCUT2D eigenvalue weighted by Crippen LogP contribution is -2.62. The predicted octanol–water partition coefficient (Wildman–Crippen LogP) is -0.406. The number of hydrogen-bond donors (Lipinski definition) is 1.